The van der Waals surface area contributed by atoms with Crippen molar-refractivity contribution in [2.24, 2.45) is 0 Å². The van der Waals surface area contributed by atoms with E-state index in [0.29, 0.717) is 11.3 Å². The molecule has 0 spiro atoms. The summed E-state index contributed by atoms with van der Waals surface area (Å²) in [7, 11) is -2.23. The van der Waals surface area contributed by atoms with E-state index in [0.717, 1.165) is 12.1 Å². The second kappa shape index (κ2) is 7.72. The van der Waals surface area contributed by atoms with E-state index in [9.17, 15) is 17.6 Å². The zero-order valence-corrected chi connectivity index (χ0v) is 15.4. The molecule has 138 valence electrons. The highest BCUT2D eigenvalue weighted by Crippen LogP contribution is 2.23. The summed E-state index contributed by atoms with van der Waals surface area (Å²) in [5.74, 6) is -0.890. The highest BCUT2D eigenvalue weighted by molar-refractivity contribution is 7.90. The van der Waals surface area contributed by atoms with E-state index < -0.39 is 27.2 Å². The maximum atomic E-state index is 13.7. The third kappa shape index (κ3) is 4.23. The summed E-state index contributed by atoms with van der Waals surface area (Å²) in [5.41, 5.74) is 0.658. The van der Waals surface area contributed by atoms with E-state index in [-0.39, 0.29) is 16.0 Å². The molecule has 0 atom stereocenters. The molecule has 0 aliphatic heterocycles. The average molecular weight is 384 g/mol. The van der Waals surface area contributed by atoms with Gasteiger partial charge in [0.15, 0.2) is 15.6 Å². The molecule has 0 aliphatic carbocycles. The van der Waals surface area contributed by atoms with Crippen LogP contribution >= 0.6 is 0 Å². The van der Waals surface area contributed by atoms with Crippen LogP contribution in [0, 0.1) is 5.82 Å². The first-order chi connectivity index (χ1) is 12.9. The fraction of sp³-hybridized carbons (Fsp3) is 0.0952. The highest BCUT2D eigenvalue weighted by atomic mass is 32.2. The van der Waals surface area contributed by atoms with Crippen LogP contribution < -0.4 is 4.74 Å². The first-order valence-corrected chi connectivity index (χ1v) is 9.81. The molecule has 4 nitrogen and oxygen atoms in total. The average Bonchev–Trinajstić information content (AvgIpc) is 2.69. The lowest BCUT2D eigenvalue weighted by atomic mass is 9.99. The Morgan fingerprint density at radius 2 is 1.63 bits per heavy atom. The predicted octanol–water partition coefficient (Wildman–Crippen LogP) is 4.04. The number of rotatable bonds is 6. The molecule has 3 aromatic rings. The lowest BCUT2D eigenvalue weighted by Crippen LogP contribution is -2.11. The van der Waals surface area contributed by atoms with Gasteiger partial charge < -0.3 is 4.74 Å². The molecule has 3 rings (SSSR count). The molecule has 0 unspecified atom stereocenters. The molecule has 0 radical (unpaired) electrons. The van der Waals surface area contributed by atoms with Gasteiger partial charge in [-0.25, -0.2) is 12.8 Å². The number of carbonyl (C=O) groups is 1. The van der Waals surface area contributed by atoms with Crippen LogP contribution in [0.15, 0.2) is 77.7 Å². The molecule has 0 saturated carbocycles. The second-order valence-electron chi connectivity index (χ2n) is 5.93. The number of sulfone groups is 1. The van der Waals surface area contributed by atoms with E-state index in [1.165, 1.54) is 25.3 Å². The minimum Gasteiger partial charge on any atom is -0.497 e. The van der Waals surface area contributed by atoms with Crippen LogP contribution in [0.1, 0.15) is 21.5 Å². The van der Waals surface area contributed by atoms with Crippen molar-refractivity contribution in [3.63, 3.8) is 0 Å². The second-order valence-corrected chi connectivity index (χ2v) is 7.92. The summed E-state index contributed by atoms with van der Waals surface area (Å²) in [6.45, 7) is 0. The molecular formula is C21H17FO4S. The summed E-state index contributed by atoms with van der Waals surface area (Å²) >= 11 is 0. The van der Waals surface area contributed by atoms with Crippen LogP contribution in [-0.4, -0.2) is 21.3 Å². The lowest BCUT2D eigenvalue weighted by molar-refractivity contribution is 0.103. The van der Waals surface area contributed by atoms with Gasteiger partial charge >= 0.3 is 0 Å². The summed E-state index contributed by atoms with van der Waals surface area (Å²) in [4.78, 5) is 12.8. The summed E-state index contributed by atoms with van der Waals surface area (Å²) < 4.78 is 44.3. The number of ether oxygens (including phenoxy) is 1. The number of hydrogen-bond acceptors (Lipinski definition) is 4. The topological polar surface area (TPSA) is 60.4 Å². The highest BCUT2D eigenvalue weighted by Gasteiger charge is 2.21. The first-order valence-electron chi connectivity index (χ1n) is 8.16. The van der Waals surface area contributed by atoms with Crippen molar-refractivity contribution in [3.05, 3.63) is 95.3 Å². The molecule has 27 heavy (non-hydrogen) atoms. The Labute approximate surface area is 157 Å². The van der Waals surface area contributed by atoms with E-state index in [1.54, 1.807) is 42.5 Å². The number of methoxy groups -OCH3 is 1. The van der Waals surface area contributed by atoms with Gasteiger partial charge in [0.25, 0.3) is 0 Å². The zero-order valence-electron chi connectivity index (χ0n) is 14.6. The molecule has 0 N–H and O–H groups in total. The minimum atomic E-state index is -3.72. The van der Waals surface area contributed by atoms with Gasteiger partial charge in [0.2, 0.25) is 0 Å². The van der Waals surface area contributed by atoms with Gasteiger partial charge in [-0.2, -0.15) is 0 Å². The predicted molar refractivity (Wildman–Crippen MR) is 100 cm³/mol. The van der Waals surface area contributed by atoms with Crippen molar-refractivity contribution in [3.8, 4) is 5.75 Å². The summed E-state index contributed by atoms with van der Waals surface area (Å²) in [6, 6.07) is 17.9. The standard InChI is InChI=1S/C21H17FO4S/c1-26-18-9-11-19(12-10-18)27(24,25)14-16-7-8-17(22)13-20(16)21(23)15-5-3-2-4-6-15/h2-13H,14H2,1H3. The summed E-state index contributed by atoms with van der Waals surface area (Å²) in [6.07, 6.45) is 0. The molecule has 3 aromatic carbocycles. The minimum absolute atomic E-state index is 0.0401. The van der Waals surface area contributed by atoms with E-state index in [1.807, 2.05) is 0 Å². The fourth-order valence-electron chi connectivity index (χ4n) is 2.70. The fourth-order valence-corrected chi connectivity index (χ4v) is 4.08. The van der Waals surface area contributed by atoms with Gasteiger partial charge in [0, 0.05) is 11.1 Å². The zero-order chi connectivity index (χ0) is 19.4. The maximum absolute atomic E-state index is 13.7. The van der Waals surface area contributed by atoms with Gasteiger partial charge in [0.05, 0.1) is 17.8 Å². The Hall–Kier alpha value is -2.99. The quantitative estimate of drug-likeness (QED) is 0.602. The van der Waals surface area contributed by atoms with E-state index in [4.69, 9.17) is 4.74 Å². The monoisotopic (exact) mass is 384 g/mol. The SMILES string of the molecule is COc1ccc(S(=O)(=O)Cc2ccc(F)cc2C(=O)c2ccccc2)cc1. The molecule has 0 aliphatic rings. The van der Waals surface area contributed by atoms with E-state index in [2.05, 4.69) is 0 Å². The first kappa shape index (κ1) is 18.8. The molecule has 0 fully saturated rings. The van der Waals surface area contributed by atoms with Gasteiger partial charge in [-0.1, -0.05) is 36.4 Å². The molecule has 0 saturated heterocycles. The van der Waals surface area contributed by atoms with Crippen molar-refractivity contribution in [1.82, 2.24) is 0 Å². The molecule has 0 bridgehead atoms. The number of halogens is 1. The van der Waals surface area contributed by atoms with Gasteiger partial charge in [-0.05, 0) is 42.0 Å². The smallest absolute Gasteiger partial charge is 0.193 e. The molecule has 0 aromatic heterocycles. The van der Waals surface area contributed by atoms with Crippen molar-refractivity contribution in [2.75, 3.05) is 7.11 Å². The van der Waals surface area contributed by atoms with Crippen LogP contribution in [0.4, 0.5) is 4.39 Å². The van der Waals surface area contributed by atoms with Gasteiger partial charge in [-0.3, -0.25) is 4.79 Å². The Morgan fingerprint density at radius 1 is 0.963 bits per heavy atom. The number of ketones is 1. The summed E-state index contributed by atoms with van der Waals surface area (Å²) in [5, 5.41) is 0. The molecule has 0 heterocycles. The van der Waals surface area contributed by atoms with Crippen molar-refractivity contribution >= 4 is 15.6 Å². The molecule has 6 heteroatoms. The third-order valence-electron chi connectivity index (χ3n) is 4.12. The van der Waals surface area contributed by atoms with Crippen LogP contribution in [0.5, 0.6) is 5.75 Å². The van der Waals surface area contributed by atoms with Crippen LogP contribution in [-0.2, 0) is 15.6 Å². The number of hydrogen-bond donors (Lipinski definition) is 0. The van der Waals surface area contributed by atoms with E-state index >= 15 is 0 Å². The number of carbonyl (C=O) groups excluding carboxylic acids is 1. The third-order valence-corrected chi connectivity index (χ3v) is 5.80. The maximum Gasteiger partial charge on any atom is 0.193 e. The largest absolute Gasteiger partial charge is 0.497 e. The molecule has 0 amide bonds. The Kier molecular flexibility index (Phi) is 5.37. The number of benzene rings is 3. The Morgan fingerprint density at radius 3 is 2.26 bits per heavy atom. The Balaban J connectivity index is 1.98. The molecular weight excluding hydrogens is 367 g/mol. The van der Waals surface area contributed by atoms with Crippen LogP contribution in [0.25, 0.3) is 0 Å². The lowest BCUT2D eigenvalue weighted by Gasteiger charge is -2.11. The normalized spacial score (nSPS) is 11.2. The van der Waals surface area contributed by atoms with Crippen molar-refractivity contribution < 1.29 is 22.3 Å². The van der Waals surface area contributed by atoms with Crippen molar-refractivity contribution in [1.29, 1.82) is 0 Å². The van der Waals surface area contributed by atoms with Gasteiger partial charge in [0.1, 0.15) is 11.6 Å². The van der Waals surface area contributed by atoms with Crippen molar-refractivity contribution in [2.45, 2.75) is 10.6 Å². The van der Waals surface area contributed by atoms with Gasteiger partial charge in [-0.15, -0.1) is 0 Å². The Bertz CT molecular complexity index is 1060. The van der Waals surface area contributed by atoms with Crippen LogP contribution in [0.2, 0.25) is 0 Å². The van der Waals surface area contributed by atoms with Crippen LogP contribution in [0.3, 0.4) is 0 Å².